The van der Waals surface area contributed by atoms with Crippen LogP contribution in [0.3, 0.4) is 0 Å². The van der Waals surface area contributed by atoms with Crippen molar-refractivity contribution in [3.63, 3.8) is 0 Å². The molecule has 1 saturated heterocycles. The molecule has 132 valence electrons. The average molecular weight is 368 g/mol. The molecule has 6 heteroatoms. The molecule has 0 spiro atoms. The van der Waals surface area contributed by atoms with Gasteiger partial charge in [-0.3, -0.25) is 9.59 Å². The van der Waals surface area contributed by atoms with Crippen molar-refractivity contribution < 1.29 is 9.59 Å². The van der Waals surface area contributed by atoms with Gasteiger partial charge in [-0.2, -0.15) is 5.26 Å². The summed E-state index contributed by atoms with van der Waals surface area (Å²) in [5.74, 6) is -0.755. The second-order valence-electron chi connectivity index (χ2n) is 6.38. The van der Waals surface area contributed by atoms with E-state index in [0.717, 1.165) is 24.0 Å². The van der Waals surface area contributed by atoms with Gasteiger partial charge in [-0.25, -0.2) is 0 Å². The van der Waals surface area contributed by atoms with Crippen LogP contribution in [0, 0.1) is 17.2 Å². The van der Waals surface area contributed by atoms with Crippen molar-refractivity contribution in [3.8, 4) is 17.2 Å². The number of nitrogens with zero attached hydrogens (tertiary/aromatic N) is 2. The lowest BCUT2D eigenvalue weighted by molar-refractivity contribution is -0.123. The van der Waals surface area contributed by atoms with Crippen molar-refractivity contribution in [1.29, 1.82) is 5.26 Å². The molecule has 2 N–H and O–H groups in total. The van der Waals surface area contributed by atoms with Gasteiger partial charge in [0.2, 0.25) is 5.91 Å². The van der Waals surface area contributed by atoms with Crippen LogP contribution in [-0.4, -0.2) is 29.8 Å². The number of rotatable bonds is 3. The zero-order chi connectivity index (χ0) is 18.7. The molecule has 0 bridgehead atoms. The number of halogens is 1. The third kappa shape index (κ3) is 3.71. The number of nitrogens with two attached hydrogens (primary N) is 1. The highest BCUT2D eigenvalue weighted by Crippen LogP contribution is 2.27. The number of likely N-dealkylation sites (tertiary alicyclic amines) is 1. The fraction of sp³-hybridized carbons (Fsp3) is 0.250. The minimum Gasteiger partial charge on any atom is -0.369 e. The zero-order valence-corrected chi connectivity index (χ0v) is 14.9. The molecule has 0 aliphatic carbocycles. The first-order valence-corrected chi connectivity index (χ1v) is 8.76. The van der Waals surface area contributed by atoms with Crippen LogP contribution in [0.5, 0.6) is 0 Å². The van der Waals surface area contributed by atoms with Crippen molar-refractivity contribution in [2.24, 2.45) is 11.7 Å². The monoisotopic (exact) mass is 367 g/mol. The van der Waals surface area contributed by atoms with Crippen molar-refractivity contribution in [2.75, 3.05) is 13.1 Å². The van der Waals surface area contributed by atoms with Crippen LogP contribution in [-0.2, 0) is 4.79 Å². The van der Waals surface area contributed by atoms with E-state index in [4.69, 9.17) is 22.6 Å². The van der Waals surface area contributed by atoms with E-state index in [1.165, 1.54) is 0 Å². The van der Waals surface area contributed by atoms with Gasteiger partial charge in [-0.1, -0.05) is 29.8 Å². The Kier molecular flexibility index (Phi) is 5.24. The van der Waals surface area contributed by atoms with Crippen LogP contribution in [0.15, 0.2) is 42.5 Å². The van der Waals surface area contributed by atoms with Crippen LogP contribution in [0.4, 0.5) is 0 Å². The van der Waals surface area contributed by atoms with Gasteiger partial charge >= 0.3 is 0 Å². The summed E-state index contributed by atoms with van der Waals surface area (Å²) in [6.45, 7) is 0.983. The van der Waals surface area contributed by atoms with Gasteiger partial charge < -0.3 is 10.6 Å². The molecule has 2 aromatic carbocycles. The SMILES string of the molecule is N#Cc1ccc(-c2cccc(C(=O)N3CCCC(C(N)=O)C3)c2)cc1Cl. The number of carbonyl (C=O) groups excluding carboxylic acids is 2. The van der Waals surface area contributed by atoms with E-state index in [2.05, 4.69) is 0 Å². The molecule has 1 aliphatic heterocycles. The van der Waals surface area contributed by atoms with Gasteiger partial charge in [0.05, 0.1) is 16.5 Å². The number of primary amides is 1. The molecule has 1 aliphatic rings. The third-order valence-corrected chi connectivity index (χ3v) is 4.96. The highest BCUT2D eigenvalue weighted by Gasteiger charge is 2.27. The predicted molar refractivity (Wildman–Crippen MR) is 99.4 cm³/mol. The van der Waals surface area contributed by atoms with E-state index in [0.29, 0.717) is 29.2 Å². The predicted octanol–water partition coefficient (Wildman–Crippen LogP) is 3.22. The maximum Gasteiger partial charge on any atom is 0.253 e. The summed E-state index contributed by atoms with van der Waals surface area (Å²) in [7, 11) is 0. The molecule has 2 aromatic rings. The van der Waals surface area contributed by atoms with E-state index in [-0.39, 0.29) is 17.7 Å². The highest BCUT2D eigenvalue weighted by molar-refractivity contribution is 6.32. The Hall–Kier alpha value is -2.84. The minimum atomic E-state index is -0.358. The summed E-state index contributed by atoms with van der Waals surface area (Å²) in [5, 5.41) is 9.36. The number of hydrogen-bond donors (Lipinski definition) is 1. The molecule has 0 saturated carbocycles. The van der Waals surface area contributed by atoms with E-state index < -0.39 is 0 Å². The Labute approximate surface area is 157 Å². The lowest BCUT2D eigenvalue weighted by atomic mass is 9.96. The fourth-order valence-electron chi connectivity index (χ4n) is 3.19. The number of benzene rings is 2. The number of nitriles is 1. The minimum absolute atomic E-state index is 0.113. The maximum atomic E-state index is 12.8. The van der Waals surface area contributed by atoms with E-state index in [1.54, 1.807) is 35.2 Å². The van der Waals surface area contributed by atoms with Crippen molar-refractivity contribution in [3.05, 3.63) is 58.6 Å². The smallest absolute Gasteiger partial charge is 0.253 e. The molecule has 1 fully saturated rings. The van der Waals surface area contributed by atoms with Crippen LogP contribution in [0.2, 0.25) is 5.02 Å². The molecule has 5 nitrogen and oxygen atoms in total. The number of carbonyl (C=O) groups is 2. The molecular weight excluding hydrogens is 350 g/mol. The summed E-state index contributed by atoms with van der Waals surface area (Å²) >= 11 is 6.11. The summed E-state index contributed by atoms with van der Waals surface area (Å²) in [6, 6.07) is 14.5. The second kappa shape index (κ2) is 7.59. The Morgan fingerprint density at radius 3 is 2.65 bits per heavy atom. The molecule has 3 rings (SSSR count). The van der Waals surface area contributed by atoms with Gasteiger partial charge in [-0.15, -0.1) is 0 Å². The first-order chi connectivity index (χ1) is 12.5. The summed E-state index contributed by atoms with van der Waals surface area (Å²) in [5.41, 5.74) is 8.02. The fourth-order valence-corrected chi connectivity index (χ4v) is 3.42. The Balaban J connectivity index is 1.85. The molecule has 1 heterocycles. The standard InChI is InChI=1S/C20H18ClN3O2/c21-18-10-14(6-7-16(18)11-22)13-3-1-4-15(9-13)20(26)24-8-2-5-17(12-24)19(23)25/h1,3-4,6-7,9-10,17H,2,5,8,12H2,(H2,23,25). The van der Waals surface area contributed by atoms with E-state index in [1.807, 2.05) is 18.2 Å². The van der Waals surface area contributed by atoms with Crippen LogP contribution in [0.25, 0.3) is 11.1 Å². The first-order valence-electron chi connectivity index (χ1n) is 8.38. The van der Waals surface area contributed by atoms with E-state index >= 15 is 0 Å². The molecular formula is C20H18ClN3O2. The highest BCUT2D eigenvalue weighted by atomic mass is 35.5. The van der Waals surface area contributed by atoms with E-state index in [9.17, 15) is 9.59 Å². The molecule has 0 radical (unpaired) electrons. The summed E-state index contributed by atoms with van der Waals surface area (Å²) < 4.78 is 0. The maximum absolute atomic E-state index is 12.8. The van der Waals surface area contributed by atoms with Crippen molar-refractivity contribution >= 4 is 23.4 Å². The average Bonchev–Trinajstić information content (AvgIpc) is 2.67. The molecule has 0 aromatic heterocycles. The van der Waals surface area contributed by atoms with Gasteiger partial charge in [0, 0.05) is 18.7 Å². The Morgan fingerprint density at radius 2 is 1.96 bits per heavy atom. The van der Waals surface area contributed by atoms with Gasteiger partial charge in [-0.05, 0) is 48.2 Å². The zero-order valence-electron chi connectivity index (χ0n) is 14.1. The van der Waals surface area contributed by atoms with Crippen molar-refractivity contribution in [2.45, 2.75) is 12.8 Å². The summed E-state index contributed by atoms with van der Waals surface area (Å²) in [6.07, 6.45) is 1.49. The van der Waals surface area contributed by atoms with Crippen LogP contribution in [0.1, 0.15) is 28.8 Å². The third-order valence-electron chi connectivity index (χ3n) is 4.64. The molecule has 1 atom stereocenters. The first kappa shape index (κ1) is 18.0. The number of piperidine rings is 1. The summed E-state index contributed by atoms with van der Waals surface area (Å²) in [4.78, 5) is 25.9. The number of amides is 2. The normalized spacial score (nSPS) is 16.8. The molecule has 2 amide bonds. The van der Waals surface area contributed by atoms with Gasteiger partial charge in [0.15, 0.2) is 0 Å². The Morgan fingerprint density at radius 1 is 1.19 bits per heavy atom. The van der Waals surface area contributed by atoms with Crippen LogP contribution < -0.4 is 5.73 Å². The topological polar surface area (TPSA) is 87.2 Å². The quantitative estimate of drug-likeness (QED) is 0.903. The molecule has 1 unspecified atom stereocenters. The molecule has 26 heavy (non-hydrogen) atoms. The lowest BCUT2D eigenvalue weighted by Crippen LogP contribution is -2.44. The van der Waals surface area contributed by atoms with Gasteiger partial charge in [0.25, 0.3) is 5.91 Å². The van der Waals surface area contributed by atoms with Gasteiger partial charge in [0.1, 0.15) is 6.07 Å². The largest absolute Gasteiger partial charge is 0.369 e. The Bertz CT molecular complexity index is 904. The van der Waals surface area contributed by atoms with Crippen molar-refractivity contribution in [1.82, 2.24) is 4.90 Å². The lowest BCUT2D eigenvalue weighted by Gasteiger charge is -2.31. The second-order valence-corrected chi connectivity index (χ2v) is 6.79. The van der Waals surface area contributed by atoms with Crippen LogP contribution >= 0.6 is 11.6 Å². The number of hydrogen-bond acceptors (Lipinski definition) is 3.